The molecule has 1 saturated carbocycles. The molecule has 0 saturated heterocycles. The molecule has 0 amide bonds. The smallest absolute Gasteiger partial charge is 0.348 e. The summed E-state index contributed by atoms with van der Waals surface area (Å²) in [6.45, 7) is 0.483. The second kappa shape index (κ2) is 6.30. The van der Waals surface area contributed by atoms with Gasteiger partial charge in [-0.15, -0.1) is 0 Å². The molecule has 20 heavy (non-hydrogen) atoms. The molecule has 1 aliphatic carbocycles. The number of pyridine rings is 1. The highest BCUT2D eigenvalue weighted by Gasteiger charge is 2.30. The molecule has 0 bridgehead atoms. The highest BCUT2D eigenvalue weighted by molar-refractivity contribution is 5.54. The monoisotopic (exact) mass is 276 g/mol. The fraction of sp³-hybridized carbons (Fsp3) is 0.538. The first kappa shape index (κ1) is 14.2. The number of nitrogens with two attached hydrogens (primary N) is 1. The Labute approximate surface area is 116 Å². The predicted octanol–water partition coefficient (Wildman–Crippen LogP) is 1.76. The number of hydrogen-bond donors (Lipinski definition) is 1. The number of rotatable bonds is 4. The number of ether oxygens (including phenoxy) is 1. The minimum atomic E-state index is -0.624. The van der Waals surface area contributed by atoms with Crippen LogP contribution in [0, 0.1) is 27.4 Å². The van der Waals surface area contributed by atoms with Crippen LogP contribution in [0.3, 0.4) is 0 Å². The zero-order valence-corrected chi connectivity index (χ0v) is 11.0. The van der Waals surface area contributed by atoms with Gasteiger partial charge in [0.1, 0.15) is 17.7 Å². The quantitative estimate of drug-likeness (QED) is 0.661. The van der Waals surface area contributed by atoms with Crippen LogP contribution >= 0.6 is 0 Å². The number of nitrogens with zero attached hydrogens (tertiary/aromatic N) is 3. The first-order valence-electron chi connectivity index (χ1n) is 6.57. The van der Waals surface area contributed by atoms with Gasteiger partial charge in [-0.2, -0.15) is 5.26 Å². The zero-order valence-electron chi connectivity index (χ0n) is 11.0. The molecule has 2 rings (SSSR count). The maximum atomic E-state index is 11.1. The van der Waals surface area contributed by atoms with Crippen molar-refractivity contribution in [3.8, 4) is 11.9 Å². The van der Waals surface area contributed by atoms with Crippen molar-refractivity contribution in [3.63, 3.8) is 0 Å². The Hall–Kier alpha value is -2.20. The number of nitriles is 1. The molecule has 0 radical (unpaired) electrons. The van der Waals surface area contributed by atoms with Gasteiger partial charge in [0.2, 0.25) is 0 Å². The van der Waals surface area contributed by atoms with Crippen LogP contribution in [0.15, 0.2) is 12.3 Å². The normalized spacial score (nSPS) is 22.0. The summed E-state index contributed by atoms with van der Waals surface area (Å²) in [5.41, 5.74) is 5.31. The third-order valence-corrected chi connectivity index (χ3v) is 3.60. The lowest BCUT2D eigenvalue weighted by Crippen LogP contribution is -2.35. The molecule has 0 aromatic carbocycles. The van der Waals surface area contributed by atoms with Gasteiger partial charge in [0, 0.05) is 12.1 Å². The van der Waals surface area contributed by atoms with E-state index in [9.17, 15) is 10.1 Å². The summed E-state index contributed by atoms with van der Waals surface area (Å²) in [7, 11) is 0. The van der Waals surface area contributed by atoms with E-state index in [0.29, 0.717) is 6.54 Å². The van der Waals surface area contributed by atoms with Gasteiger partial charge < -0.3 is 10.5 Å². The lowest BCUT2D eigenvalue weighted by molar-refractivity contribution is -0.386. The van der Waals surface area contributed by atoms with Crippen molar-refractivity contribution < 1.29 is 9.66 Å². The fourth-order valence-electron chi connectivity index (χ4n) is 2.53. The Morgan fingerprint density at radius 3 is 2.95 bits per heavy atom. The molecule has 1 aromatic heterocycles. The van der Waals surface area contributed by atoms with Crippen molar-refractivity contribution >= 4 is 5.69 Å². The second-order valence-electron chi connectivity index (χ2n) is 4.82. The third kappa shape index (κ3) is 2.86. The molecule has 1 aromatic rings. The van der Waals surface area contributed by atoms with Gasteiger partial charge in [-0.1, -0.05) is 6.42 Å². The molecule has 1 fully saturated rings. The minimum absolute atomic E-state index is 0.0416. The molecule has 1 heterocycles. The van der Waals surface area contributed by atoms with E-state index in [0.717, 1.165) is 25.7 Å². The van der Waals surface area contributed by atoms with Crippen LogP contribution in [0.4, 0.5) is 5.69 Å². The Morgan fingerprint density at radius 1 is 1.55 bits per heavy atom. The Kier molecular flexibility index (Phi) is 4.48. The molecule has 2 atom stereocenters. The maximum Gasteiger partial charge on any atom is 0.348 e. The lowest BCUT2D eigenvalue weighted by atomic mass is 9.86. The van der Waals surface area contributed by atoms with Gasteiger partial charge in [-0.25, -0.2) is 4.98 Å². The summed E-state index contributed by atoms with van der Waals surface area (Å²) in [6, 6.07) is 3.11. The molecular formula is C13H16N4O3. The van der Waals surface area contributed by atoms with Crippen LogP contribution in [0.25, 0.3) is 0 Å². The largest absolute Gasteiger partial charge is 0.469 e. The topological polar surface area (TPSA) is 115 Å². The first-order chi connectivity index (χ1) is 9.67. The molecular weight excluding hydrogens is 260 g/mol. The van der Waals surface area contributed by atoms with E-state index in [1.165, 1.54) is 12.3 Å². The van der Waals surface area contributed by atoms with Crippen molar-refractivity contribution in [1.29, 1.82) is 5.26 Å². The van der Waals surface area contributed by atoms with E-state index in [-0.39, 0.29) is 29.2 Å². The van der Waals surface area contributed by atoms with Crippen molar-refractivity contribution in [1.82, 2.24) is 4.98 Å². The van der Waals surface area contributed by atoms with E-state index < -0.39 is 4.92 Å². The van der Waals surface area contributed by atoms with Crippen molar-refractivity contribution in [2.75, 3.05) is 6.54 Å². The summed E-state index contributed by atoms with van der Waals surface area (Å²) in [5, 5.41) is 20.0. The Balaban J connectivity index is 2.29. The SMILES string of the molecule is N#Cc1ccnc(OC2CCCCC2CN)c1[N+](=O)[O-]. The molecule has 1 aliphatic rings. The van der Waals surface area contributed by atoms with Crippen molar-refractivity contribution in [3.05, 3.63) is 27.9 Å². The van der Waals surface area contributed by atoms with Crippen LogP contribution in [-0.2, 0) is 0 Å². The molecule has 2 N–H and O–H groups in total. The van der Waals surface area contributed by atoms with Crippen LogP contribution in [0.1, 0.15) is 31.2 Å². The highest BCUT2D eigenvalue weighted by atomic mass is 16.6. The van der Waals surface area contributed by atoms with Crippen LogP contribution in [0.2, 0.25) is 0 Å². The first-order valence-corrected chi connectivity index (χ1v) is 6.57. The summed E-state index contributed by atoms with van der Waals surface area (Å²) in [6.07, 6.45) is 5.03. The van der Waals surface area contributed by atoms with Crippen molar-refractivity contribution in [2.45, 2.75) is 31.8 Å². The summed E-state index contributed by atoms with van der Waals surface area (Å²) < 4.78 is 5.71. The van der Waals surface area contributed by atoms with Gasteiger partial charge in [-0.3, -0.25) is 10.1 Å². The van der Waals surface area contributed by atoms with E-state index in [1.807, 2.05) is 0 Å². The summed E-state index contributed by atoms with van der Waals surface area (Å²) in [4.78, 5) is 14.4. The van der Waals surface area contributed by atoms with Crippen LogP contribution in [0.5, 0.6) is 5.88 Å². The van der Waals surface area contributed by atoms with Crippen LogP contribution in [-0.4, -0.2) is 22.6 Å². The fourth-order valence-corrected chi connectivity index (χ4v) is 2.53. The standard InChI is InChI=1S/C13H16N4O3/c14-7-9-3-1-2-4-11(9)20-13-12(17(18)19)10(8-15)5-6-16-13/h5-6,9,11H,1-4,7,14H2. The average molecular weight is 276 g/mol. The molecule has 7 nitrogen and oxygen atoms in total. The number of hydrogen-bond acceptors (Lipinski definition) is 6. The van der Waals surface area contributed by atoms with E-state index in [4.69, 9.17) is 15.7 Å². The molecule has 0 aliphatic heterocycles. The molecule has 7 heteroatoms. The van der Waals surface area contributed by atoms with Gasteiger partial charge in [0.25, 0.3) is 5.88 Å². The second-order valence-corrected chi connectivity index (χ2v) is 4.82. The van der Waals surface area contributed by atoms with E-state index >= 15 is 0 Å². The average Bonchev–Trinajstić information content (AvgIpc) is 2.47. The predicted molar refractivity (Wildman–Crippen MR) is 71.0 cm³/mol. The Bertz CT molecular complexity index is 541. The van der Waals surface area contributed by atoms with Gasteiger partial charge in [0.15, 0.2) is 0 Å². The summed E-state index contributed by atoms with van der Waals surface area (Å²) in [5.74, 6) is 0.0929. The van der Waals surface area contributed by atoms with E-state index in [2.05, 4.69) is 4.98 Å². The van der Waals surface area contributed by atoms with Crippen molar-refractivity contribution in [2.24, 2.45) is 11.7 Å². The number of nitro groups is 1. The van der Waals surface area contributed by atoms with Crippen LogP contribution < -0.4 is 10.5 Å². The maximum absolute atomic E-state index is 11.1. The molecule has 106 valence electrons. The minimum Gasteiger partial charge on any atom is -0.469 e. The Morgan fingerprint density at radius 2 is 2.30 bits per heavy atom. The third-order valence-electron chi connectivity index (χ3n) is 3.60. The van der Waals surface area contributed by atoms with Gasteiger partial charge in [-0.05, 0) is 31.9 Å². The van der Waals surface area contributed by atoms with E-state index in [1.54, 1.807) is 6.07 Å². The highest BCUT2D eigenvalue weighted by Crippen LogP contribution is 2.33. The molecule has 0 spiro atoms. The number of aromatic nitrogens is 1. The molecule has 2 unspecified atom stereocenters. The lowest BCUT2D eigenvalue weighted by Gasteiger charge is -2.30. The summed E-state index contributed by atoms with van der Waals surface area (Å²) >= 11 is 0. The van der Waals surface area contributed by atoms with Gasteiger partial charge in [0.05, 0.1) is 4.92 Å². The van der Waals surface area contributed by atoms with Gasteiger partial charge >= 0.3 is 5.69 Å². The zero-order chi connectivity index (χ0) is 14.5.